The molecule has 1 atom stereocenters. The van der Waals surface area contributed by atoms with Crippen LogP contribution < -0.4 is 16.0 Å². The Kier molecular flexibility index (Phi) is 5.95. The van der Waals surface area contributed by atoms with Gasteiger partial charge in [0.25, 0.3) is 5.91 Å². The second kappa shape index (κ2) is 7.94. The third-order valence-electron chi connectivity index (χ3n) is 4.44. The molecule has 2 amide bonds. The van der Waals surface area contributed by atoms with Crippen LogP contribution in [0.5, 0.6) is 0 Å². The zero-order valence-corrected chi connectivity index (χ0v) is 13.2. The third kappa shape index (κ3) is 4.56. The molecule has 0 aliphatic carbocycles. The second-order valence-electron chi connectivity index (χ2n) is 6.08. The third-order valence-corrected chi connectivity index (χ3v) is 4.44. The zero-order valence-electron chi connectivity index (χ0n) is 13.2. The van der Waals surface area contributed by atoms with Gasteiger partial charge in [-0.25, -0.2) is 0 Å². The summed E-state index contributed by atoms with van der Waals surface area (Å²) in [6, 6.07) is 6.63. The van der Waals surface area contributed by atoms with Crippen LogP contribution in [0.3, 0.4) is 0 Å². The summed E-state index contributed by atoms with van der Waals surface area (Å²) in [5, 5.41) is 2.93. The van der Waals surface area contributed by atoms with Gasteiger partial charge in [-0.1, -0.05) is 6.42 Å². The fraction of sp³-hybridized carbons (Fsp3) is 0.529. The van der Waals surface area contributed by atoms with Crippen molar-refractivity contribution in [3.8, 4) is 0 Å². The van der Waals surface area contributed by atoms with Crippen molar-refractivity contribution in [3.63, 3.8) is 0 Å². The highest BCUT2D eigenvalue weighted by molar-refractivity contribution is 5.95. The fourth-order valence-corrected chi connectivity index (χ4v) is 2.95. The molecule has 4 N–H and O–H groups in total. The van der Waals surface area contributed by atoms with Crippen molar-refractivity contribution in [2.24, 2.45) is 5.73 Å². The smallest absolute Gasteiger partial charge is 0.282 e. The molecule has 5 nitrogen and oxygen atoms in total. The van der Waals surface area contributed by atoms with Crippen LogP contribution in [0.2, 0.25) is 0 Å². The Morgan fingerprint density at radius 2 is 1.59 bits per heavy atom. The lowest BCUT2D eigenvalue weighted by Crippen LogP contribution is -3.16. The first kappa shape index (κ1) is 16.5. The number of amides is 2. The molecule has 1 saturated heterocycles. The van der Waals surface area contributed by atoms with E-state index in [0.29, 0.717) is 11.3 Å². The highest BCUT2D eigenvalue weighted by atomic mass is 16.2. The first-order valence-corrected chi connectivity index (χ1v) is 8.13. The molecule has 1 heterocycles. The molecule has 5 heteroatoms. The van der Waals surface area contributed by atoms with E-state index in [2.05, 4.69) is 5.32 Å². The van der Waals surface area contributed by atoms with E-state index in [9.17, 15) is 9.59 Å². The number of hydrogen-bond acceptors (Lipinski definition) is 2. The second-order valence-corrected chi connectivity index (χ2v) is 6.08. The molecule has 1 aliphatic rings. The lowest BCUT2D eigenvalue weighted by atomic mass is 10.1. The molecule has 1 aromatic rings. The summed E-state index contributed by atoms with van der Waals surface area (Å²) in [5.41, 5.74) is 6.36. The van der Waals surface area contributed by atoms with E-state index in [1.54, 1.807) is 24.3 Å². The van der Waals surface area contributed by atoms with Crippen LogP contribution in [-0.2, 0) is 4.79 Å². The van der Waals surface area contributed by atoms with Crippen LogP contribution >= 0.6 is 0 Å². The number of likely N-dealkylation sites (tertiary alicyclic amines) is 1. The molecule has 120 valence electrons. The Bertz CT molecular complexity index is 505. The van der Waals surface area contributed by atoms with Gasteiger partial charge in [0.15, 0.2) is 6.04 Å². The molecule has 2 rings (SSSR count). The summed E-state index contributed by atoms with van der Waals surface area (Å²) >= 11 is 0. The summed E-state index contributed by atoms with van der Waals surface area (Å²) in [4.78, 5) is 24.8. The van der Waals surface area contributed by atoms with E-state index in [4.69, 9.17) is 5.73 Å². The minimum Gasteiger partial charge on any atom is -0.366 e. The van der Waals surface area contributed by atoms with Crippen molar-refractivity contribution in [2.75, 3.05) is 18.4 Å². The van der Waals surface area contributed by atoms with Crippen molar-refractivity contribution in [1.29, 1.82) is 0 Å². The maximum Gasteiger partial charge on any atom is 0.282 e. The minimum absolute atomic E-state index is 0.0300. The van der Waals surface area contributed by atoms with Gasteiger partial charge in [0.1, 0.15) is 0 Å². The van der Waals surface area contributed by atoms with E-state index in [1.165, 1.54) is 37.0 Å². The highest BCUT2D eigenvalue weighted by Crippen LogP contribution is 2.09. The number of carbonyl (C=O) groups excluding carboxylic acids is 2. The summed E-state index contributed by atoms with van der Waals surface area (Å²) < 4.78 is 0. The van der Waals surface area contributed by atoms with Crippen molar-refractivity contribution < 1.29 is 14.5 Å². The molecule has 0 radical (unpaired) electrons. The van der Waals surface area contributed by atoms with E-state index in [-0.39, 0.29) is 11.9 Å². The Labute approximate surface area is 131 Å². The number of nitrogens with one attached hydrogen (secondary N) is 2. The van der Waals surface area contributed by atoms with Gasteiger partial charge in [-0.3, -0.25) is 9.59 Å². The van der Waals surface area contributed by atoms with Gasteiger partial charge in [-0.05, 0) is 56.9 Å². The SMILES string of the molecule is C[C@@H](C(=O)Nc1ccc(C(N)=O)cc1)[NH+]1CCCCCCC1. The van der Waals surface area contributed by atoms with Gasteiger partial charge in [0.2, 0.25) is 5.91 Å². The van der Waals surface area contributed by atoms with Crippen LogP contribution in [0.25, 0.3) is 0 Å². The molecular formula is C17H26N3O2+. The number of quaternary nitrogens is 1. The maximum atomic E-state index is 12.4. The molecular weight excluding hydrogens is 278 g/mol. The molecule has 1 aliphatic heterocycles. The van der Waals surface area contributed by atoms with Crippen LogP contribution in [0.4, 0.5) is 5.69 Å². The summed E-state index contributed by atoms with van der Waals surface area (Å²) in [7, 11) is 0. The first-order chi connectivity index (χ1) is 10.6. The molecule has 22 heavy (non-hydrogen) atoms. The van der Waals surface area contributed by atoms with Gasteiger partial charge in [-0.15, -0.1) is 0 Å². The zero-order chi connectivity index (χ0) is 15.9. The predicted octanol–water partition coefficient (Wildman–Crippen LogP) is 0.961. The number of rotatable bonds is 4. The normalized spacial score (nSPS) is 18.0. The monoisotopic (exact) mass is 304 g/mol. The summed E-state index contributed by atoms with van der Waals surface area (Å²) in [6.45, 7) is 4.12. The Morgan fingerprint density at radius 3 is 2.14 bits per heavy atom. The quantitative estimate of drug-likeness (QED) is 0.775. The van der Waals surface area contributed by atoms with Crippen LogP contribution in [0.15, 0.2) is 24.3 Å². The molecule has 0 saturated carbocycles. The van der Waals surface area contributed by atoms with Gasteiger partial charge < -0.3 is 16.0 Å². The van der Waals surface area contributed by atoms with Crippen molar-refractivity contribution >= 4 is 17.5 Å². The molecule has 1 aromatic carbocycles. The Morgan fingerprint density at radius 1 is 1.05 bits per heavy atom. The molecule has 0 spiro atoms. The first-order valence-electron chi connectivity index (χ1n) is 8.13. The van der Waals surface area contributed by atoms with Crippen LogP contribution in [-0.4, -0.2) is 30.9 Å². The Balaban J connectivity index is 1.93. The summed E-state index contributed by atoms with van der Waals surface area (Å²) in [6.07, 6.45) is 6.25. The largest absolute Gasteiger partial charge is 0.366 e. The van der Waals surface area contributed by atoms with Crippen molar-refractivity contribution in [3.05, 3.63) is 29.8 Å². The van der Waals surface area contributed by atoms with Gasteiger partial charge in [0.05, 0.1) is 13.1 Å². The number of benzene rings is 1. The van der Waals surface area contributed by atoms with Crippen molar-refractivity contribution in [1.82, 2.24) is 0 Å². The number of nitrogens with two attached hydrogens (primary N) is 1. The lowest BCUT2D eigenvalue weighted by Gasteiger charge is -2.26. The number of hydrogen-bond donors (Lipinski definition) is 3. The molecule has 0 aromatic heterocycles. The number of carbonyl (C=O) groups is 2. The average molecular weight is 304 g/mol. The summed E-state index contributed by atoms with van der Waals surface area (Å²) in [5.74, 6) is -0.432. The topological polar surface area (TPSA) is 76.6 Å². The fourth-order valence-electron chi connectivity index (χ4n) is 2.95. The number of primary amides is 1. The molecule has 0 bridgehead atoms. The number of anilines is 1. The van der Waals surface area contributed by atoms with Crippen molar-refractivity contribution in [2.45, 2.75) is 45.1 Å². The average Bonchev–Trinajstić information content (AvgIpc) is 2.47. The lowest BCUT2D eigenvalue weighted by molar-refractivity contribution is -0.914. The highest BCUT2D eigenvalue weighted by Gasteiger charge is 2.25. The Hall–Kier alpha value is -1.88. The predicted molar refractivity (Wildman–Crippen MR) is 86.8 cm³/mol. The van der Waals surface area contributed by atoms with E-state index >= 15 is 0 Å². The van der Waals surface area contributed by atoms with E-state index in [0.717, 1.165) is 13.1 Å². The van der Waals surface area contributed by atoms with Crippen LogP contribution in [0.1, 0.15) is 49.4 Å². The standard InChI is InChI=1S/C17H25N3O2/c1-13(20-11-5-3-2-4-6-12-20)17(22)19-15-9-7-14(8-10-15)16(18)21/h7-10,13H,2-6,11-12H2,1H3,(H2,18,21)(H,19,22)/p+1/t13-/m0/s1. The van der Waals surface area contributed by atoms with E-state index in [1.807, 2.05) is 6.92 Å². The van der Waals surface area contributed by atoms with Crippen LogP contribution in [0, 0.1) is 0 Å². The van der Waals surface area contributed by atoms with Gasteiger partial charge >= 0.3 is 0 Å². The van der Waals surface area contributed by atoms with Gasteiger partial charge in [-0.2, -0.15) is 0 Å². The maximum absolute atomic E-state index is 12.4. The minimum atomic E-state index is -0.462. The van der Waals surface area contributed by atoms with Gasteiger partial charge in [0, 0.05) is 11.3 Å². The molecule has 0 unspecified atom stereocenters. The molecule has 1 fully saturated rings. The van der Waals surface area contributed by atoms with E-state index < -0.39 is 5.91 Å².